The summed E-state index contributed by atoms with van der Waals surface area (Å²) in [6.07, 6.45) is 1.08. The van der Waals surface area contributed by atoms with E-state index in [2.05, 4.69) is 25.1 Å². The summed E-state index contributed by atoms with van der Waals surface area (Å²) >= 11 is 1.76. The molecule has 0 unspecified atom stereocenters. The van der Waals surface area contributed by atoms with Crippen LogP contribution >= 0.6 is 11.8 Å². The van der Waals surface area contributed by atoms with Crippen molar-refractivity contribution in [1.82, 2.24) is 0 Å². The quantitative estimate of drug-likeness (QED) is 0.634. The number of fused-ring (bicyclic) bond motifs is 1. The average molecular weight is 166 g/mol. The van der Waals surface area contributed by atoms with Crippen molar-refractivity contribution >= 4 is 11.8 Å². The van der Waals surface area contributed by atoms with Gasteiger partial charge in [-0.1, -0.05) is 24.8 Å². The normalized spacial score (nSPS) is 14.3. The first-order chi connectivity index (χ1) is 5.40. The van der Waals surface area contributed by atoms with Gasteiger partial charge in [0, 0.05) is 0 Å². The molecule has 58 valence electrons. The van der Waals surface area contributed by atoms with Crippen LogP contribution in [0.25, 0.3) is 0 Å². The molecular formula is C9H10OS. The monoisotopic (exact) mass is 166 g/mol. The number of hydrogen-bond acceptors (Lipinski definition) is 2. The van der Waals surface area contributed by atoms with Crippen LogP contribution in [0.15, 0.2) is 23.1 Å². The molecule has 1 aromatic carbocycles. The molecule has 1 aliphatic heterocycles. The number of hydrogen-bond donors (Lipinski definition) is 0. The van der Waals surface area contributed by atoms with Crippen molar-refractivity contribution in [3.05, 3.63) is 23.8 Å². The third kappa shape index (κ3) is 1.23. The van der Waals surface area contributed by atoms with Crippen molar-refractivity contribution in [1.29, 1.82) is 0 Å². The van der Waals surface area contributed by atoms with Gasteiger partial charge in [-0.05, 0) is 24.1 Å². The Morgan fingerprint density at radius 2 is 2.45 bits per heavy atom. The summed E-state index contributed by atoms with van der Waals surface area (Å²) in [5.41, 5.74) is 1.35. The largest absolute Gasteiger partial charge is 0.481 e. The standard InChI is InChI=1S/C9H10OS/c1-2-7-3-4-9-8(5-7)10-6-11-9/h3-5H,2,6H2,1H3. The third-order valence-corrected chi connectivity index (χ3v) is 2.73. The van der Waals surface area contributed by atoms with E-state index < -0.39 is 0 Å². The van der Waals surface area contributed by atoms with Crippen LogP contribution in [0, 0.1) is 0 Å². The lowest BCUT2D eigenvalue weighted by molar-refractivity contribution is 0.397. The SMILES string of the molecule is CCc1ccc2c(c1)OCS2. The summed E-state index contributed by atoms with van der Waals surface area (Å²) < 4.78 is 5.40. The van der Waals surface area contributed by atoms with Gasteiger partial charge in [0.15, 0.2) is 0 Å². The molecule has 0 saturated carbocycles. The molecule has 0 radical (unpaired) electrons. The lowest BCUT2D eigenvalue weighted by Gasteiger charge is -1.99. The van der Waals surface area contributed by atoms with Crippen LogP contribution in [0.4, 0.5) is 0 Å². The molecule has 0 fully saturated rings. The molecule has 0 amide bonds. The number of benzene rings is 1. The van der Waals surface area contributed by atoms with Gasteiger partial charge in [-0.25, -0.2) is 0 Å². The van der Waals surface area contributed by atoms with Crippen LogP contribution in [0.3, 0.4) is 0 Å². The molecule has 2 heteroatoms. The summed E-state index contributed by atoms with van der Waals surface area (Å²) in [7, 11) is 0. The fraction of sp³-hybridized carbons (Fsp3) is 0.333. The number of ether oxygens (including phenoxy) is 1. The van der Waals surface area contributed by atoms with Gasteiger partial charge in [-0.3, -0.25) is 0 Å². The predicted octanol–water partition coefficient (Wildman–Crippen LogP) is 2.69. The molecule has 0 N–H and O–H groups in total. The van der Waals surface area contributed by atoms with Crippen LogP contribution in [-0.2, 0) is 6.42 Å². The van der Waals surface area contributed by atoms with Gasteiger partial charge >= 0.3 is 0 Å². The predicted molar refractivity (Wildman–Crippen MR) is 47.2 cm³/mol. The maximum atomic E-state index is 5.40. The Hall–Kier alpha value is -0.630. The third-order valence-electron chi connectivity index (χ3n) is 1.85. The van der Waals surface area contributed by atoms with E-state index in [1.54, 1.807) is 11.8 Å². The molecule has 11 heavy (non-hydrogen) atoms. The second-order valence-electron chi connectivity index (χ2n) is 2.54. The summed E-state index contributed by atoms with van der Waals surface area (Å²) in [5.74, 6) is 1.84. The Morgan fingerprint density at radius 3 is 3.27 bits per heavy atom. The van der Waals surface area contributed by atoms with E-state index in [-0.39, 0.29) is 0 Å². The average Bonchev–Trinajstić information content (AvgIpc) is 2.50. The van der Waals surface area contributed by atoms with Crippen molar-refractivity contribution in [3.63, 3.8) is 0 Å². The van der Waals surface area contributed by atoms with Gasteiger partial charge in [0.05, 0.1) is 4.90 Å². The molecule has 0 aliphatic carbocycles. The molecular weight excluding hydrogens is 156 g/mol. The Bertz CT molecular complexity index is 270. The maximum absolute atomic E-state index is 5.40. The van der Waals surface area contributed by atoms with Crippen molar-refractivity contribution < 1.29 is 4.74 Å². The van der Waals surface area contributed by atoms with E-state index in [4.69, 9.17) is 4.74 Å². The van der Waals surface area contributed by atoms with Crippen LogP contribution in [-0.4, -0.2) is 5.94 Å². The van der Waals surface area contributed by atoms with Gasteiger partial charge in [-0.15, -0.1) is 0 Å². The zero-order valence-corrected chi connectivity index (χ0v) is 7.28. The molecule has 2 rings (SSSR count). The lowest BCUT2D eigenvalue weighted by atomic mass is 10.2. The van der Waals surface area contributed by atoms with E-state index >= 15 is 0 Å². The van der Waals surface area contributed by atoms with Crippen molar-refractivity contribution in [2.75, 3.05) is 5.94 Å². The minimum absolute atomic E-state index is 0.780. The smallest absolute Gasteiger partial charge is 0.138 e. The number of thioether (sulfide) groups is 1. The minimum atomic E-state index is 0.780. The summed E-state index contributed by atoms with van der Waals surface area (Å²) in [6.45, 7) is 2.16. The highest BCUT2D eigenvalue weighted by atomic mass is 32.2. The van der Waals surface area contributed by atoms with Gasteiger partial charge in [-0.2, -0.15) is 0 Å². The first-order valence-corrected chi connectivity index (χ1v) is 4.77. The first kappa shape index (κ1) is 7.04. The molecule has 0 atom stereocenters. The summed E-state index contributed by atoms with van der Waals surface area (Å²) in [4.78, 5) is 1.28. The molecule has 0 spiro atoms. The highest BCUT2D eigenvalue weighted by Crippen LogP contribution is 2.36. The fourth-order valence-electron chi connectivity index (χ4n) is 1.16. The molecule has 1 nitrogen and oxygen atoms in total. The highest BCUT2D eigenvalue weighted by Gasteiger charge is 2.11. The van der Waals surface area contributed by atoms with E-state index in [1.165, 1.54) is 10.5 Å². The van der Waals surface area contributed by atoms with E-state index in [1.807, 2.05) is 0 Å². The van der Waals surface area contributed by atoms with Gasteiger partial charge < -0.3 is 4.74 Å². The minimum Gasteiger partial charge on any atom is -0.481 e. The Balaban J connectivity index is 2.41. The van der Waals surface area contributed by atoms with Gasteiger partial charge in [0.25, 0.3) is 0 Å². The van der Waals surface area contributed by atoms with Crippen molar-refractivity contribution in [2.24, 2.45) is 0 Å². The van der Waals surface area contributed by atoms with Gasteiger partial charge in [0.1, 0.15) is 11.7 Å². The van der Waals surface area contributed by atoms with Crippen LogP contribution in [0.5, 0.6) is 5.75 Å². The molecule has 0 saturated heterocycles. The summed E-state index contributed by atoms with van der Waals surface area (Å²) in [5, 5.41) is 0. The fourth-order valence-corrected chi connectivity index (χ4v) is 1.90. The Morgan fingerprint density at radius 1 is 1.55 bits per heavy atom. The molecule has 1 aliphatic rings. The van der Waals surface area contributed by atoms with Crippen LogP contribution in [0.1, 0.15) is 12.5 Å². The van der Waals surface area contributed by atoms with Gasteiger partial charge in [0.2, 0.25) is 0 Å². The van der Waals surface area contributed by atoms with Crippen molar-refractivity contribution in [2.45, 2.75) is 18.2 Å². The first-order valence-electron chi connectivity index (χ1n) is 3.78. The molecule has 0 bridgehead atoms. The van der Waals surface area contributed by atoms with Crippen LogP contribution in [0.2, 0.25) is 0 Å². The topological polar surface area (TPSA) is 9.23 Å². The lowest BCUT2D eigenvalue weighted by Crippen LogP contribution is -1.84. The highest BCUT2D eigenvalue weighted by molar-refractivity contribution is 7.99. The van der Waals surface area contributed by atoms with Crippen molar-refractivity contribution in [3.8, 4) is 5.75 Å². The van der Waals surface area contributed by atoms with E-state index in [9.17, 15) is 0 Å². The zero-order chi connectivity index (χ0) is 7.68. The Kier molecular flexibility index (Phi) is 1.78. The second kappa shape index (κ2) is 2.78. The molecule has 1 aromatic rings. The number of rotatable bonds is 1. The molecule has 0 aromatic heterocycles. The maximum Gasteiger partial charge on any atom is 0.138 e. The van der Waals surface area contributed by atoms with E-state index in [0.29, 0.717) is 0 Å². The Labute approximate surface area is 70.8 Å². The summed E-state index contributed by atoms with van der Waals surface area (Å²) in [6, 6.07) is 6.45. The second-order valence-corrected chi connectivity index (χ2v) is 3.51. The molecule has 1 heterocycles. The zero-order valence-electron chi connectivity index (χ0n) is 6.46. The van der Waals surface area contributed by atoms with Crippen LogP contribution < -0.4 is 4.74 Å². The number of aryl methyl sites for hydroxylation is 1. The van der Waals surface area contributed by atoms with E-state index in [0.717, 1.165) is 18.1 Å².